The van der Waals surface area contributed by atoms with E-state index >= 15 is 0 Å². The Morgan fingerprint density at radius 1 is 0.786 bits per heavy atom. The molecule has 2 N–H and O–H groups in total. The first-order chi connectivity index (χ1) is 12.2. The Labute approximate surface area is 189 Å². The van der Waals surface area contributed by atoms with Gasteiger partial charge in [-0.2, -0.15) is 16.8 Å². The Balaban J connectivity index is 0.000000261. The average Bonchev–Trinajstić information content (AvgIpc) is 3.21. The van der Waals surface area contributed by atoms with E-state index in [-0.39, 0.29) is 60.1 Å². The fraction of sp³-hybridized carbons (Fsp3) is 0. The van der Waals surface area contributed by atoms with Crippen molar-refractivity contribution in [3.63, 3.8) is 0 Å². The van der Waals surface area contributed by atoms with Crippen molar-refractivity contribution in [2.75, 3.05) is 0 Å². The van der Waals surface area contributed by atoms with Gasteiger partial charge in [-0.3, -0.25) is 19.5 Å². The zero-order chi connectivity index (χ0) is 18.9. The number of benzene rings is 2. The number of hydrogen-bond donors (Lipinski definition) is 2. The largest absolute Gasteiger partial charge is 0.350 e. The smallest absolute Gasteiger partial charge is 0.294 e. The maximum atomic E-state index is 10.8. The summed E-state index contributed by atoms with van der Waals surface area (Å²) in [6, 6.07) is 8.15. The number of fused-ring (bicyclic) bond motifs is 2. The molecule has 4 rings (SSSR count). The van der Waals surface area contributed by atoms with Crippen molar-refractivity contribution in [3.05, 3.63) is 36.4 Å². The fourth-order valence-electron chi connectivity index (χ4n) is 1.96. The van der Waals surface area contributed by atoms with Gasteiger partial charge < -0.3 is 20.4 Å². The predicted molar refractivity (Wildman–Crippen MR) is 85.3 cm³/mol. The van der Waals surface area contributed by atoms with Crippen LogP contribution >= 0.6 is 0 Å². The van der Waals surface area contributed by atoms with Gasteiger partial charge in [0.1, 0.15) is 0 Å². The molecule has 28 heavy (non-hydrogen) atoms. The molecule has 158 valence electrons. The minimum absolute atomic E-state index is 0. The molecular formula is C12H8Ag2N6O6S2-2. The number of aromatic nitrogens is 6. The maximum Gasteiger partial charge on any atom is 0.294 e. The monoisotopic (exact) mass is 610 g/mol. The van der Waals surface area contributed by atoms with Gasteiger partial charge >= 0.3 is 0 Å². The van der Waals surface area contributed by atoms with E-state index < -0.39 is 20.2 Å². The summed E-state index contributed by atoms with van der Waals surface area (Å²) in [6.45, 7) is 0. The van der Waals surface area contributed by atoms with Crippen LogP contribution in [-0.4, -0.2) is 46.6 Å². The molecular weight excluding hydrogens is 604 g/mol. The Morgan fingerprint density at radius 2 is 1.43 bits per heavy atom. The minimum Gasteiger partial charge on any atom is -0.350 e. The van der Waals surface area contributed by atoms with Gasteiger partial charge in [-0.05, 0) is 34.7 Å². The van der Waals surface area contributed by atoms with Crippen LogP contribution in [0.25, 0.3) is 22.1 Å². The van der Waals surface area contributed by atoms with Crippen LogP contribution in [0.15, 0.2) is 46.2 Å². The Bertz CT molecular complexity index is 1300. The van der Waals surface area contributed by atoms with Crippen LogP contribution in [0.4, 0.5) is 0 Å². The summed E-state index contributed by atoms with van der Waals surface area (Å²) in [7, 11) is -8.41. The van der Waals surface area contributed by atoms with Crippen molar-refractivity contribution in [1.82, 2.24) is 30.8 Å². The first kappa shape index (κ1) is 24.6. The molecule has 0 spiro atoms. The second-order valence-electron chi connectivity index (χ2n) is 4.80. The SMILES string of the molecule is O=S(=O)(O)c1ccc2[n-]nnc2c1.O=S(=O)(O)c1cccc2[n-]nnc12.[Ag].[Ag]. The average molecular weight is 612 g/mol. The molecule has 0 unspecified atom stereocenters. The molecule has 2 radical (unpaired) electrons. The second kappa shape index (κ2) is 9.36. The molecule has 2 aromatic heterocycles. The third kappa shape index (κ3) is 5.54. The normalized spacial score (nSPS) is 11.2. The molecule has 0 saturated heterocycles. The molecule has 0 bridgehead atoms. The molecule has 2 heterocycles. The van der Waals surface area contributed by atoms with Crippen molar-refractivity contribution < 1.29 is 70.7 Å². The fourth-order valence-corrected chi connectivity index (χ4v) is 3.10. The molecule has 0 aliphatic rings. The van der Waals surface area contributed by atoms with Gasteiger partial charge in [0.05, 0.1) is 9.79 Å². The van der Waals surface area contributed by atoms with Crippen molar-refractivity contribution >= 4 is 42.3 Å². The number of hydrogen-bond acceptors (Lipinski definition) is 8. The van der Waals surface area contributed by atoms with Gasteiger partial charge in [-0.1, -0.05) is 18.2 Å². The van der Waals surface area contributed by atoms with Crippen LogP contribution in [0.1, 0.15) is 0 Å². The Morgan fingerprint density at radius 3 is 2.07 bits per heavy atom. The third-order valence-corrected chi connectivity index (χ3v) is 4.84. The zero-order valence-corrected chi connectivity index (χ0v) is 17.7. The van der Waals surface area contributed by atoms with E-state index in [0.717, 1.165) is 0 Å². The summed E-state index contributed by atoms with van der Waals surface area (Å²) >= 11 is 0. The molecule has 0 aliphatic heterocycles. The van der Waals surface area contributed by atoms with E-state index in [4.69, 9.17) is 9.11 Å². The molecule has 0 aliphatic carbocycles. The summed E-state index contributed by atoms with van der Waals surface area (Å²) in [6.07, 6.45) is 0. The Kier molecular flexibility index (Phi) is 8.22. The first-order valence-corrected chi connectivity index (χ1v) is 9.50. The van der Waals surface area contributed by atoms with E-state index in [9.17, 15) is 16.8 Å². The van der Waals surface area contributed by atoms with Crippen LogP contribution < -0.4 is 10.2 Å². The van der Waals surface area contributed by atoms with E-state index in [0.29, 0.717) is 16.6 Å². The first-order valence-electron chi connectivity index (χ1n) is 6.62. The minimum atomic E-state index is -4.24. The Hall–Kier alpha value is -1.46. The number of rotatable bonds is 2. The van der Waals surface area contributed by atoms with Crippen molar-refractivity contribution in [3.8, 4) is 0 Å². The molecule has 0 fully saturated rings. The molecule has 2 aromatic carbocycles. The van der Waals surface area contributed by atoms with E-state index in [2.05, 4.69) is 30.8 Å². The van der Waals surface area contributed by atoms with Gasteiger partial charge in [-0.15, -0.1) is 0 Å². The number of nitrogens with zero attached hydrogens (tertiary/aromatic N) is 6. The van der Waals surface area contributed by atoms with Crippen LogP contribution in [0, 0.1) is 0 Å². The van der Waals surface area contributed by atoms with Gasteiger partial charge in [0.15, 0.2) is 0 Å². The molecule has 0 saturated carbocycles. The van der Waals surface area contributed by atoms with E-state index in [1.54, 1.807) is 6.07 Å². The summed E-state index contributed by atoms with van der Waals surface area (Å²) < 4.78 is 60.5. The van der Waals surface area contributed by atoms with Crippen LogP contribution in [0.5, 0.6) is 0 Å². The quantitative estimate of drug-likeness (QED) is 0.222. The topological polar surface area (TPSA) is 188 Å². The van der Waals surface area contributed by atoms with Crippen molar-refractivity contribution in [2.45, 2.75) is 9.79 Å². The summed E-state index contributed by atoms with van der Waals surface area (Å²) in [4.78, 5) is -0.475. The van der Waals surface area contributed by atoms with Crippen molar-refractivity contribution in [2.24, 2.45) is 0 Å². The maximum absolute atomic E-state index is 10.8. The van der Waals surface area contributed by atoms with E-state index in [1.165, 1.54) is 30.3 Å². The van der Waals surface area contributed by atoms with Gasteiger partial charge in [0.2, 0.25) is 0 Å². The standard InChI is InChI=1S/2C6H4N3O3S.2Ag/c10-13(11,12)4-1-2-5-6(3-4)8-9-7-5;10-13(11,12)5-3-1-2-4-6(5)8-9-7-4;;/h2*1-3H,(H-,7,8,9,10,11,12);;/q2*-1;;. The third-order valence-electron chi connectivity index (χ3n) is 3.10. The van der Waals surface area contributed by atoms with Crippen molar-refractivity contribution in [1.29, 1.82) is 0 Å². The zero-order valence-electron chi connectivity index (χ0n) is 13.1. The molecule has 0 atom stereocenters. The molecule has 16 heteroatoms. The summed E-state index contributed by atoms with van der Waals surface area (Å²) in [5, 5.41) is 20.8. The molecule has 4 aromatic rings. The van der Waals surface area contributed by atoms with Crippen LogP contribution in [-0.2, 0) is 65.0 Å². The van der Waals surface area contributed by atoms with E-state index in [1.807, 2.05) is 0 Å². The second-order valence-corrected chi connectivity index (χ2v) is 7.61. The van der Waals surface area contributed by atoms with Gasteiger partial charge in [-0.25, -0.2) is 0 Å². The van der Waals surface area contributed by atoms with Gasteiger partial charge in [0, 0.05) is 50.3 Å². The van der Waals surface area contributed by atoms with Gasteiger partial charge in [0.25, 0.3) is 20.2 Å². The predicted octanol–water partition coefficient (Wildman–Crippen LogP) is -0.338. The van der Waals surface area contributed by atoms with Crippen LogP contribution in [0.3, 0.4) is 0 Å². The summed E-state index contributed by atoms with van der Waals surface area (Å²) in [5.74, 6) is 0. The van der Waals surface area contributed by atoms with Crippen LogP contribution in [0.2, 0.25) is 0 Å². The molecule has 12 nitrogen and oxygen atoms in total. The summed E-state index contributed by atoms with van der Waals surface area (Å²) in [5.41, 5.74) is 1.27. The molecule has 0 amide bonds.